The first-order chi connectivity index (χ1) is 14.0. The van der Waals surface area contributed by atoms with Crippen LogP contribution in [0.15, 0.2) is 51.7 Å². The van der Waals surface area contributed by atoms with Crippen molar-refractivity contribution >= 4 is 16.7 Å². The maximum atomic E-state index is 12.1. The van der Waals surface area contributed by atoms with Crippen molar-refractivity contribution in [3.63, 3.8) is 0 Å². The standard InChI is InChI=1S/C24H28N2O3/c1-5-26-15-19(28-22-9-7-6-8-21(22)26)14-25(4)13-18-12-23(27)29-24-17(3)16(2)10-11-20(18)24/h6-12,19H,5,13-15H2,1-4H3. The van der Waals surface area contributed by atoms with E-state index in [2.05, 4.69) is 42.0 Å². The fraction of sp³-hybridized carbons (Fsp3) is 0.375. The number of hydrogen-bond donors (Lipinski definition) is 0. The van der Waals surface area contributed by atoms with Crippen LogP contribution in [0, 0.1) is 13.8 Å². The number of rotatable bonds is 5. The Hall–Kier alpha value is -2.79. The van der Waals surface area contributed by atoms with E-state index in [1.807, 2.05) is 32.0 Å². The van der Waals surface area contributed by atoms with E-state index in [0.717, 1.165) is 53.1 Å². The predicted molar refractivity (Wildman–Crippen MR) is 117 cm³/mol. The molecule has 0 saturated heterocycles. The summed E-state index contributed by atoms with van der Waals surface area (Å²) in [4.78, 5) is 16.7. The second-order valence-corrected chi connectivity index (χ2v) is 7.92. The first-order valence-electron chi connectivity index (χ1n) is 10.2. The number of para-hydroxylation sites is 2. The molecule has 0 spiro atoms. The highest BCUT2D eigenvalue weighted by atomic mass is 16.5. The number of aryl methyl sites for hydroxylation is 2. The fourth-order valence-corrected chi connectivity index (χ4v) is 4.13. The summed E-state index contributed by atoms with van der Waals surface area (Å²) in [6, 6.07) is 14.0. The molecule has 0 fully saturated rings. The molecular formula is C24H28N2O3. The lowest BCUT2D eigenvalue weighted by molar-refractivity contribution is 0.140. The topological polar surface area (TPSA) is 45.9 Å². The summed E-state index contributed by atoms with van der Waals surface area (Å²) < 4.78 is 11.8. The normalized spacial score (nSPS) is 16.2. The maximum Gasteiger partial charge on any atom is 0.336 e. The van der Waals surface area contributed by atoms with Gasteiger partial charge in [-0.25, -0.2) is 4.79 Å². The minimum atomic E-state index is -0.297. The summed E-state index contributed by atoms with van der Waals surface area (Å²) in [5, 5.41) is 1.00. The van der Waals surface area contributed by atoms with E-state index in [1.165, 1.54) is 0 Å². The summed E-state index contributed by atoms with van der Waals surface area (Å²) in [5.74, 6) is 0.941. The Labute approximate surface area is 171 Å². The van der Waals surface area contributed by atoms with Crippen LogP contribution in [0.1, 0.15) is 23.6 Å². The zero-order valence-electron chi connectivity index (χ0n) is 17.6. The minimum absolute atomic E-state index is 0.0743. The van der Waals surface area contributed by atoms with Crippen LogP contribution in [0.3, 0.4) is 0 Å². The zero-order valence-corrected chi connectivity index (χ0v) is 17.6. The highest BCUT2D eigenvalue weighted by Crippen LogP contribution is 2.33. The second kappa shape index (κ2) is 7.91. The van der Waals surface area contributed by atoms with E-state index in [-0.39, 0.29) is 11.7 Å². The van der Waals surface area contributed by atoms with Crippen LogP contribution >= 0.6 is 0 Å². The molecule has 0 bridgehead atoms. The van der Waals surface area contributed by atoms with Crippen LogP contribution in [-0.4, -0.2) is 37.7 Å². The van der Waals surface area contributed by atoms with Crippen molar-refractivity contribution in [2.75, 3.05) is 31.6 Å². The van der Waals surface area contributed by atoms with E-state index < -0.39 is 0 Å². The van der Waals surface area contributed by atoms with Crippen molar-refractivity contribution < 1.29 is 9.15 Å². The summed E-state index contributed by atoms with van der Waals surface area (Å²) in [5.41, 5.74) is 4.70. The fourth-order valence-electron chi connectivity index (χ4n) is 4.13. The molecule has 1 aromatic heterocycles. The molecule has 0 aliphatic carbocycles. The molecule has 2 aromatic carbocycles. The highest BCUT2D eigenvalue weighted by Gasteiger charge is 2.25. The molecule has 0 N–H and O–H groups in total. The van der Waals surface area contributed by atoms with Gasteiger partial charge in [-0.15, -0.1) is 0 Å². The van der Waals surface area contributed by atoms with Crippen molar-refractivity contribution in [3.8, 4) is 5.75 Å². The molecule has 0 amide bonds. The van der Waals surface area contributed by atoms with Crippen LogP contribution in [-0.2, 0) is 6.54 Å². The summed E-state index contributed by atoms with van der Waals surface area (Å²) in [7, 11) is 2.07. The number of anilines is 1. The molecule has 1 aliphatic rings. The third kappa shape index (κ3) is 3.87. The Balaban J connectivity index is 1.54. The van der Waals surface area contributed by atoms with Crippen molar-refractivity contribution in [2.45, 2.75) is 33.4 Å². The smallest absolute Gasteiger partial charge is 0.336 e. The number of fused-ring (bicyclic) bond motifs is 2. The van der Waals surface area contributed by atoms with Gasteiger partial charge in [0.2, 0.25) is 0 Å². The molecule has 5 heteroatoms. The van der Waals surface area contributed by atoms with Gasteiger partial charge in [-0.2, -0.15) is 0 Å². The Bertz CT molecular complexity index is 1090. The Morgan fingerprint density at radius 1 is 1.17 bits per heavy atom. The van der Waals surface area contributed by atoms with E-state index in [4.69, 9.17) is 9.15 Å². The lowest BCUT2D eigenvalue weighted by Gasteiger charge is -2.37. The average molecular weight is 392 g/mol. The molecule has 2 heterocycles. The molecule has 1 unspecified atom stereocenters. The average Bonchev–Trinajstić information content (AvgIpc) is 2.70. The molecule has 29 heavy (non-hydrogen) atoms. The number of benzene rings is 2. The third-order valence-electron chi connectivity index (χ3n) is 5.78. The number of hydrogen-bond acceptors (Lipinski definition) is 5. The van der Waals surface area contributed by atoms with Gasteiger partial charge in [-0.3, -0.25) is 4.90 Å². The maximum absolute atomic E-state index is 12.1. The molecule has 0 saturated carbocycles. The number of likely N-dealkylation sites (N-methyl/N-ethyl adjacent to an activating group) is 2. The molecule has 4 rings (SSSR count). The van der Waals surface area contributed by atoms with Crippen molar-refractivity contribution in [1.82, 2.24) is 4.90 Å². The monoisotopic (exact) mass is 392 g/mol. The molecule has 1 atom stereocenters. The Kier molecular flexibility index (Phi) is 5.33. The van der Waals surface area contributed by atoms with E-state index in [9.17, 15) is 4.79 Å². The van der Waals surface area contributed by atoms with Gasteiger partial charge >= 0.3 is 5.63 Å². The molecule has 1 aliphatic heterocycles. The lowest BCUT2D eigenvalue weighted by atomic mass is 10.0. The van der Waals surface area contributed by atoms with Gasteiger partial charge < -0.3 is 14.1 Å². The van der Waals surface area contributed by atoms with Gasteiger partial charge in [0.25, 0.3) is 0 Å². The summed E-state index contributed by atoms with van der Waals surface area (Å²) >= 11 is 0. The predicted octanol–water partition coefficient (Wildman–Crippen LogP) is 4.13. The zero-order chi connectivity index (χ0) is 20.5. The van der Waals surface area contributed by atoms with Gasteiger partial charge in [0.1, 0.15) is 17.4 Å². The van der Waals surface area contributed by atoms with Crippen LogP contribution < -0.4 is 15.3 Å². The molecule has 152 valence electrons. The Morgan fingerprint density at radius 2 is 1.97 bits per heavy atom. The Morgan fingerprint density at radius 3 is 2.76 bits per heavy atom. The van der Waals surface area contributed by atoms with Crippen molar-refractivity contribution in [1.29, 1.82) is 0 Å². The van der Waals surface area contributed by atoms with Gasteiger partial charge in [0.05, 0.1) is 12.2 Å². The van der Waals surface area contributed by atoms with Crippen molar-refractivity contribution in [3.05, 3.63) is 69.6 Å². The van der Waals surface area contributed by atoms with Crippen LogP contribution in [0.25, 0.3) is 11.0 Å². The van der Waals surface area contributed by atoms with Gasteiger partial charge in [0.15, 0.2) is 0 Å². The third-order valence-corrected chi connectivity index (χ3v) is 5.78. The van der Waals surface area contributed by atoms with Crippen molar-refractivity contribution in [2.24, 2.45) is 0 Å². The molecular weight excluding hydrogens is 364 g/mol. The van der Waals surface area contributed by atoms with E-state index in [1.54, 1.807) is 6.07 Å². The number of nitrogens with zero attached hydrogens (tertiary/aromatic N) is 2. The van der Waals surface area contributed by atoms with Gasteiger partial charge in [-0.1, -0.05) is 24.3 Å². The minimum Gasteiger partial charge on any atom is -0.485 e. The lowest BCUT2D eigenvalue weighted by Crippen LogP contribution is -2.45. The summed E-state index contributed by atoms with van der Waals surface area (Å²) in [6.07, 6.45) is 0.0743. The molecule has 0 radical (unpaired) electrons. The summed E-state index contributed by atoms with van der Waals surface area (Å²) in [6.45, 7) is 9.45. The highest BCUT2D eigenvalue weighted by molar-refractivity contribution is 5.83. The SMILES string of the molecule is CCN1CC(CN(C)Cc2cc(=O)oc3c(C)c(C)ccc23)Oc2ccccc21. The van der Waals surface area contributed by atoms with Crippen LogP contribution in [0.2, 0.25) is 0 Å². The molecule has 3 aromatic rings. The van der Waals surface area contributed by atoms with Gasteiger partial charge in [-0.05, 0) is 56.6 Å². The quantitative estimate of drug-likeness (QED) is 0.611. The van der Waals surface area contributed by atoms with Crippen LogP contribution in [0.4, 0.5) is 5.69 Å². The first-order valence-corrected chi connectivity index (χ1v) is 10.2. The first kappa shape index (κ1) is 19.5. The van der Waals surface area contributed by atoms with Gasteiger partial charge in [0, 0.05) is 31.1 Å². The van der Waals surface area contributed by atoms with E-state index >= 15 is 0 Å². The van der Waals surface area contributed by atoms with E-state index in [0.29, 0.717) is 12.1 Å². The van der Waals surface area contributed by atoms with Crippen LogP contribution in [0.5, 0.6) is 5.75 Å². The number of ether oxygens (including phenoxy) is 1. The second-order valence-electron chi connectivity index (χ2n) is 7.92. The largest absolute Gasteiger partial charge is 0.485 e. The molecule has 5 nitrogen and oxygen atoms in total.